The van der Waals surface area contributed by atoms with Crippen LogP contribution in [-0.2, 0) is 0 Å². The van der Waals surface area contributed by atoms with E-state index < -0.39 is 0 Å². The van der Waals surface area contributed by atoms with E-state index in [1.807, 2.05) is 12.1 Å². The molecule has 2 bridgehead atoms. The predicted octanol–water partition coefficient (Wildman–Crippen LogP) is 5.70. The van der Waals surface area contributed by atoms with Gasteiger partial charge in [0.25, 0.3) is 5.91 Å². The zero-order valence-electron chi connectivity index (χ0n) is 16.4. The normalized spacial score (nSPS) is 26.8. The Morgan fingerprint density at radius 1 is 1.00 bits per heavy atom. The number of carbonyl (C=O) groups is 1. The fraction of sp³-hybridized carbons (Fsp3) is 0.458. The van der Waals surface area contributed by atoms with Gasteiger partial charge >= 0.3 is 0 Å². The zero-order valence-corrected chi connectivity index (χ0v) is 16.4. The van der Waals surface area contributed by atoms with Gasteiger partial charge < -0.3 is 4.90 Å². The van der Waals surface area contributed by atoms with Crippen molar-refractivity contribution in [2.45, 2.75) is 53.0 Å². The maximum Gasteiger partial charge on any atom is 0.254 e. The molecular weight excluding hydrogens is 318 g/mol. The molecule has 2 aromatic carbocycles. The first-order chi connectivity index (χ1) is 12.3. The molecule has 136 valence electrons. The molecule has 0 spiro atoms. The number of fused-ring (bicyclic) bond motifs is 2. The summed E-state index contributed by atoms with van der Waals surface area (Å²) >= 11 is 0. The van der Waals surface area contributed by atoms with E-state index >= 15 is 0 Å². The lowest BCUT2D eigenvalue weighted by Gasteiger charge is -2.39. The van der Waals surface area contributed by atoms with Crippen molar-refractivity contribution in [3.8, 4) is 11.1 Å². The molecule has 2 heteroatoms. The molecule has 0 N–H and O–H groups in total. The van der Waals surface area contributed by atoms with E-state index in [1.54, 1.807) is 0 Å². The minimum absolute atomic E-state index is 0.202. The second-order valence-corrected chi connectivity index (χ2v) is 9.54. The van der Waals surface area contributed by atoms with Gasteiger partial charge in [-0.2, -0.15) is 0 Å². The lowest BCUT2D eigenvalue weighted by atomic mass is 9.65. The number of carbonyl (C=O) groups excluding carboxylic acids is 1. The molecule has 2 atom stereocenters. The fourth-order valence-electron chi connectivity index (χ4n) is 5.55. The zero-order chi connectivity index (χ0) is 18.5. The third-order valence-corrected chi connectivity index (χ3v) is 6.26. The van der Waals surface area contributed by atoms with E-state index in [0.29, 0.717) is 11.5 Å². The second kappa shape index (κ2) is 5.97. The maximum atomic E-state index is 13.2. The van der Waals surface area contributed by atoms with Crippen LogP contribution in [0.4, 0.5) is 0 Å². The van der Waals surface area contributed by atoms with Crippen LogP contribution in [0.1, 0.15) is 56.0 Å². The molecular formula is C24H29NO. The summed E-state index contributed by atoms with van der Waals surface area (Å²) in [5.74, 6) is 0.202. The number of aryl methyl sites for hydroxylation is 1. The van der Waals surface area contributed by atoms with Gasteiger partial charge in [0.05, 0.1) is 0 Å². The molecule has 1 saturated heterocycles. The topological polar surface area (TPSA) is 20.3 Å². The Kier molecular flexibility index (Phi) is 3.98. The monoisotopic (exact) mass is 347 g/mol. The standard InChI is InChI=1S/C24H29NO/c1-17-7-5-6-8-21(17)18-9-11-19(12-10-18)22(26)25-16-24(4)14-20(25)13-23(2,3)15-24/h5-12,20H,13-16H2,1-4H3/t20-,24-/m0/s1. The van der Waals surface area contributed by atoms with Crippen LogP contribution in [0.2, 0.25) is 0 Å². The number of benzene rings is 2. The average molecular weight is 348 g/mol. The quantitative estimate of drug-likeness (QED) is 0.682. The van der Waals surface area contributed by atoms with Gasteiger partial charge in [-0.05, 0) is 65.8 Å². The van der Waals surface area contributed by atoms with Crippen LogP contribution in [0, 0.1) is 17.8 Å². The second-order valence-electron chi connectivity index (χ2n) is 9.54. The van der Waals surface area contributed by atoms with Gasteiger partial charge in [-0.1, -0.05) is 57.2 Å². The van der Waals surface area contributed by atoms with Crippen molar-refractivity contribution in [2.24, 2.45) is 10.8 Å². The van der Waals surface area contributed by atoms with E-state index in [1.165, 1.54) is 23.1 Å². The number of rotatable bonds is 2. The van der Waals surface area contributed by atoms with Gasteiger partial charge in [0.15, 0.2) is 0 Å². The summed E-state index contributed by atoms with van der Waals surface area (Å²) in [5, 5.41) is 0. The minimum atomic E-state index is 0.202. The molecule has 2 nitrogen and oxygen atoms in total. The Bertz CT molecular complexity index is 836. The highest BCUT2D eigenvalue weighted by molar-refractivity contribution is 5.95. The van der Waals surface area contributed by atoms with Crippen LogP contribution in [0.15, 0.2) is 48.5 Å². The number of hydrogen-bond acceptors (Lipinski definition) is 1. The van der Waals surface area contributed by atoms with Gasteiger partial charge in [-0.15, -0.1) is 0 Å². The SMILES string of the molecule is Cc1ccccc1-c1ccc(C(=O)N2C[C@@]3(C)C[C@@H]2CC(C)(C)C3)cc1. The van der Waals surface area contributed by atoms with E-state index in [-0.39, 0.29) is 11.3 Å². The molecule has 0 radical (unpaired) electrons. The molecule has 2 aliphatic rings. The van der Waals surface area contributed by atoms with E-state index in [2.05, 4.69) is 69.0 Å². The summed E-state index contributed by atoms with van der Waals surface area (Å²) in [5.41, 5.74) is 5.10. The minimum Gasteiger partial charge on any atom is -0.335 e. The first-order valence-corrected chi connectivity index (χ1v) is 9.74. The van der Waals surface area contributed by atoms with Gasteiger partial charge in [0, 0.05) is 18.2 Å². The Balaban J connectivity index is 1.57. The molecule has 26 heavy (non-hydrogen) atoms. The summed E-state index contributed by atoms with van der Waals surface area (Å²) in [6.07, 6.45) is 3.49. The average Bonchev–Trinajstić information content (AvgIpc) is 2.84. The van der Waals surface area contributed by atoms with Gasteiger partial charge in [0.1, 0.15) is 0 Å². The van der Waals surface area contributed by atoms with Crippen molar-refractivity contribution in [3.05, 3.63) is 59.7 Å². The van der Waals surface area contributed by atoms with Gasteiger partial charge in [-0.25, -0.2) is 0 Å². The third-order valence-electron chi connectivity index (χ3n) is 6.26. The molecule has 2 fully saturated rings. The van der Waals surface area contributed by atoms with Crippen LogP contribution in [0.5, 0.6) is 0 Å². The van der Waals surface area contributed by atoms with E-state index in [9.17, 15) is 4.79 Å². The lowest BCUT2D eigenvalue weighted by Crippen LogP contribution is -2.37. The van der Waals surface area contributed by atoms with Crippen LogP contribution in [-0.4, -0.2) is 23.4 Å². The Labute approximate surface area is 157 Å². The van der Waals surface area contributed by atoms with Crippen LogP contribution in [0.3, 0.4) is 0 Å². The molecule has 4 rings (SSSR count). The Hall–Kier alpha value is -2.09. The van der Waals surface area contributed by atoms with E-state index in [4.69, 9.17) is 0 Å². The predicted molar refractivity (Wildman–Crippen MR) is 107 cm³/mol. The van der Waals surface area contributed by atoms with Gasteiger partial charge in [-0.3, -0.25) is 4.79 Å². The summed E-state index contributed by atoms with van der Waals surface area (Å²) in [6.45, 7) is 10.1. The summed E-state index contributed by atoms with van der Waals surface area (Å²) in [6, 6.07) is 17.0. The third kappa shape index (κ3) is 3.06. The molecule has 1 aliphatic carbocycles. The Morgan fingerprint density at radius 2 is 1.69 bits per heavy atom. The molecule has 1 aliphatic heterocycles. The van der Waals surface area contributed by atoms with Crippen LogP contribution >= 0.6 is 0 Å². The summed E-state index contributed by atoms with van der Waals surface area (Å²) in [4.78, 5) is 15.3. The smallest absolute Gasteiger partial charge is 0.254 e. The van der Waals surface area contributed by atoms with Crippen molar-refractivity contribution in [1.29, 1.82) is 0 Å². The van der Waals surface area contributed by atoms with Gasteiger partial charge in [0.2, 0.25) is 0 Å². The number of hydrogen-bond donors (Lipinski definition) is 0. The Morgan fingerprint density at radius 3 is 2.38 bits per heavy atom. The van der Waals surface area contributed by atoms with Crippen molar-refractivity contribution < 1.29 is 4.79 Å². The first-order valence-electron chi connectivity index (χ1n) is 9.74. The van der Waals surface area contributed by atoms with Crippen molar-refractivity contribution >= 4 is 5.91 Å². The van der Waals surface area contributed by atoms with Crippen molar-refractivity contribution in [3.63, 3.8) is 0 Å². The highest BCUT2D eigenvalue weighted by Crippen LogP contribution is 2.52. The lowest BCUT2D eigenvalue weighted by molar-refractivity contribution is 0.0708. The summed E-state index contributed by atoms with van der Waals surface area (Å²) < 4.78 is 0. The fourth-order valence-corrected chi connectivity index (χ4v) is 5.55. The highest BCUT2D eigenvalue weighted by atomic mass is 16.2. The van der Waals surface area contributed by atoms with Crippen LogP contribution in [0.25, 0.3) is 11.1 Å². The molecule has 1 saturated carbocycles. The number of nitrogens with zero attached hydrogens (tertiary/aromatic N) is 1. The maximum absolute atomic E-state index is 13.2. The molecule has 0 aromatic heterocycles. The van der Waals surface area contributed by atoms with Crippen molar-refractivity contribution in [1.82, 2.24) is 4.90 Å². The molecule has 1 heterocycles. The largest absolute Gasteiger partial charge is 0.335 e. The molecule has 0 unspecified atom stereocenters. The van der Waals surface area contributed by atoms with Crippen molar-refractivity contribution in [2.75, 3.05) is 6.54 Å². The number of amides is 1. The molecule has 2 aromatic rings. The first kappa shape index (κ1) is 17.3. The molecule has 1 amide bonds. The van der Waals surface area contributed by atoms with E-state index in [0.717, 1.165) is 24.9 Å². The summed E-state index contributed by atoms with van der Waals surface area (Å²) in [7, 11) is 0. The number of likely N-dealkylation sites (tertiary alicyclic amines) is 1. The highest BCUT2D eigenvalue weighted by Gasteiger charge is 2.50. The van der Waals surface area contributed by atoms with Crippen LogP contribution < -0.4 is 0 Å².